The highest BCUT2D eigenvalue weighted by atomic mass is 16.5. The smallest absolute Gasteiger partial charge is 0.254 e. The molecule has 6 nitrogen and oxygen atoms in total. The van der Waals surface area contributed by atoms with E-state index < -0.39 is 5.41 Å². The van der Waals surface area contributed by atoms with E-state index in [2.05, 4.69) is 0 Å². The van der Waals surface area contributed by atoms with Crippen LogP contribution in [0.5, 0.6) is 11.5 Å². The molecule has 0 N–H and O–H groups in total. The number of benzene rings is 1. The van der Waals surface area contributed by atoms with Crippen molar-refractivity contribution >= 4 is 5.91 Å². The van der Waals surface area contributed by atoms with E-state index in [0.29, 0.717) is 18.8 Å². The van der Waals surface area contributed by atoms with Gasteiger partial charge in [-0.2, -0.15) is 0 Å². The molecule has 1 amide bonds. The highest BCUT2D eigenvalue weighted by Crippen LogP contribution is 2.52. The average Bonchev–Trinajstić information content (AvgIpc) is 3.54. The van der Waals surface area contributed by atoms with Gasteiger partial charge in [0.1, 0.15) is 17.6 Å². The average molecular weight is 396 g/mol. The number of aromatic nitrogens is 1. The van der Waals surface area contributed by atoms with E-state index in [0.717, 1.165) is 42.7 Å². The first kappa shape index (κ1) is 19.6. The molecule has 29 heavy (non-hydrogen) atoms. The number of hydrogen-bond donors (Lipinski definition) is 0. The Balaban J connectivity index is 1.41. The van der Waals surface area contributed by atoms with Crippen molar-refractivity contribution in [3.8, 4) is 11.5 Å². The number of likely N-dealkylation sites (tertiary alicyclic amines) is 1. The molecular formula is C23H28N2O4. The maximum Gasteiger partial charge on any atom is 0.254 e. The second-order valence-corrected chi connectivity index (χ2v) is 8.12. The number of rotatable bonds is 5. The SMILES string of the molecule is COc1ccccc1C1(C(=O)N2CCC(Oc3cc(C)n(C)c(=O)c3)CC2)CC1. The van der Waals surface area contributed by atoms with Gasteiger partial charge in [0.15, 0.2) is 0 Å². The molecule has 2 heterocycles. The van der Waals surface area contributed by atoms with Gasteiger partial charge in [0.2, 0.25) is 5.91 Å². The summed E-state index contributed by atoms with van der Waals surface area (Å²) in [6, 6.07) is 11.3. The number of ether oxygens (including phenoxy) is 2. The van der Waals surface area contributed by atoms with Crippen LogP contribution in [0.3, 0.4) is 0 Å². The summed E-state index contributed by atoms with van der Waals surface area (Å²) >= 11 is 0. The zero-order valence-electron chi connectivity index (χ0n) is 17.3. The molecule has 4 rings (SSSR count). The van der Waals surface area contributed by atoms with Gasteiger partial charge in [0.25, 0.3) is 5.56 Å². The van der Waals surface area contributed by atoms with Crippen molar-refractivity contribution in [2.45, 2.75) is 44.1 Å². The monoisotopic (exact) mass is 396 g/mol. The van der Waals surface area contributed by atoms with Crippen LogP contribution in [0.15, 0.2) is 41.2 Å². The number of aryl methyl sites for hydroxylation is 1. The Hall–Kier alpha value is -2.76. The van der Waals surface area contributed by atoms with E-state index >= 15 is 0 Å². The Kier molecular flexibility index (Phi) is 5.11. The van der Waals surface area contributed by atoms with Gasteiger partial charge >= 0.3 is 0 Å². The number of piperidine rings is 1. The van der Waals surface area contributed by atoms with Crippen molar-refractivity contribution in [3.63, 3.8) is 0 Å². The van der Waals surface area contributed by atoms with Crippen LogP contribution in [0.1, 0.15) is 36.9 Å². The molecule has 2 aromatic rings. The molecule has 2 aliphatic rings. The molecule has 1 aliphatic heterocycles. The maximum atomic E-state index is 13.3. The lowest BCUT2D eigenvalue weighted by molar-refractivity contribution is -0.135. The highest BCUT2D eigenvalue weighted by molar-refractivity contribution is 5.92. The summed E-state index contributed by atoms with van der Waals surface area (Å²) in [5.41, 5.74) is 1.37. The lowest BCUT2D eigenvalue weighted by Crippen LogP contribution is -2.46. The molecule has 1 aromatic carbocycles. The standard InChI is InChI=1S/C23H28N2O4/c1-16-14-18(15-21(26)24(16)2)29-17-8-12-25(13-9-17)22(27)23(10-11-23)19-6-4-5-7-20(19)28-3/h4-7,14-15,17H,8-13H2,1-3H3. The Morgan fingerprint density at radius 1 is 1.14 bits per heavy atom. The van der Waals surface area contributed by atoms with Gasteiger partial charge in [-0.15, -0.1) is 0 Å². The van der Waals surface area contributed by atoms with Crippen LogP contribution in [0, 0.1) is 6.92 Å². The summed E-state index contributed by atoms with van der Waals surface area (Å²) in [5, 5.41) is 0. The molecule has 2 fully saturated rings. The molecular weight excluding hydrogens is 368 g/mol. The first-order valence-corrected chi connectivity index (χ1v) is 10.2. The van der Waals surface area contributed by atoms with E-state index in [1.165, 1.54) is 6.07 Å². The fourth-order valence-electron chi connectivity index (χ4n) is 4.24. The summed E-state index contributed by atoms with van der Waals surface area (Å²) in [6.07, 6.45) is 3.29. The number of methoxy groups -OCH3 is 1. The van der Waals surface area contributed by atoms with Gasteiger partial charge in [0, 0.05) is 50.3 Å². The molecule has 154 valence electrons. The van der Waals surface area contributed by atoms with E-state index in [1.54, 1.807) is 18.7 Å². The number of amides is 1. The quantitative estimate of drug-likeness (QED) is 0.780. The van der Waals surface area contributed by atoms with Crippen molar-refractivity contribution in [2.24, 2.45) is 7.05 Å². The van der Waals surface area contributed by atoms with Gasteiger partial charge < -0.3 is 18.9 Å². The first-order chi connectivity index (χ1) is 13.9. The second-order valence-electron chi connectivity index (χ2n) is 8.12. The molecule has 0 unspecified atom stereocenters. The fourth-order valence-corrected chi connectivity index (χ4v) is 4.24. The third-order valence-corrected chi connectivity index (χ3v) is 6.29. The van der Waals surface area contributed by atoms with Crippen LogP contribution in [-0.4, -0.2) is 41.7 Å². The van der Waals surface area contributed by atoms with Gasteiger partial charge in [-0.1, -0.05) is 18.2 Å². The van der Waals surface area contributed by atoms with Crippen molar-refractivity contribution in [1.29, 1.82) is 0 Å². The van der Waals surface area contributed by atoms with E-state index in [-0.39, 0.29) is 17.6 Å². The number of para-hydroxylation sites is 1. The minimum Gasteiger partial charge on any atom is -0.496 e. The molecule has 1 aliphatic carbocycles. The van der Waals surface area contributed by atoms with E-state index in [9.17, 15) is 9.59 Å². The summed E-state index contributed by atoms with van der Waals surface area (Å²) in [5.74, 6) is 1.60. The lowest BCUT2D eigenvalue weighted by atomic mass is 9.92. The predicted octanol–water partition coefficient (Wildman–Crippen LogP) is 2.80. The van der Waals surface area contributed by atoms with Crippen molar-refractivity contribution in [1.82, 2.24) is 9.47 Å². The van der Waals surface area contributed by atoms with Crippen LogP contribution < -0.4 is 15.0 Å². The van der Waals surface area contributed by atoms with Crippen LogP contribution in [0.25, 0.3) is 0 Å². The molecule has 0 bridgehead atoms. The normalized spacial score (nSPS) is 18.4. The largest absolute Gasteiger partial charge is 0.496 e. The maximum absolute atomic E-state index is 13.3. The Morgan fingerprint density at radius 2 is 1.83 bits per heavy atom. The summed E-state index contributed by atoms with van der Waals surface area (Å²) in [7, 11) is 3.40. The van der Waals surface area contributed by atoms with Gasteiger partial charge in [-0.3, -0.25) is 9.59 Å². The van der Waals surface area contributed by atoms with Crippen LogP contribution in [0.2, 0.25) is 0 Å². The van der Waals surface area contributed by atoms with Gasteiger partial charge in [-0.05, 0) is 31.9 Å². The summed E-state index contributed by atoms with van der Waals surface area (Å²) < 4.78 is 13.2. The Labute approximate surface area is 171 Å². The first-order valence-electron chi connectivity index (χ1n) is 10.2. The van der Waals surface area contributed by atoms with Crippen molar-refractivity contribution in [3.05, 3.63) is 58.0 Å². The molecule has 0 atom stereocenters. The molecule has 1 saturated heterocycles. The number of nitrogens with zero attached hydrogens (tertiary/aromatic N) is 2. The van der Waals surface area contributed by atoms with Crippen LogP contribution in [0.4, 0.5) is 0 Å². The summed E-state index contributed by atoms with van der Waals surface area (Å²) in [6.45, 7) is 3.23. The van der Waals surface area contributed by atoms with Crippen molar-refractivity contribution < 1.29 is 14.3 Å². The van der Waals surface area contributed by atoms with Gasteiger partial charge in [-0.25, -0.2) is 0 Å². The molecule has 0 radical (unpaired) electrons. The zero-order valence-corrected chi connectivity index (χ0v) is 17.3. The van der Waals surface area contributed by atoms with Crippen LogP contribution >= 0.6 is 0 Å². The minimum absolute atomic E-state index is 0.0203. The highest BCUT2D eigenvalue weighted by Gasteiger charge is 2.54. The third-order valence-electron chi connectivity index (χ3n) is 6.29. The number of carbonyl (C=O) groups is 1. The number of pyridine rings is 1. The number of hydrogen-bond acceptors (Lipinski definition) is 4. The second kappa shape index (κ2) is 7.58. The van der Waals surface area contributed by atoms with Crippen molar-refractivity contribution in [2.75, 3.05) is 20.2 Å². The van der Waals surface area contributed by atoms with Gasteiger partial charge in [0.05, 0.1) is 12.5 Å². The molecule has 0 spiro atoms. The molecule has 1 aromatic heterocycles. The van der Waals surface area contributed by atoms with E-state index in [1.807, 2.05) is 42.2 Å². The molecule has 6 heteroatoms. The van der Waals surface area contributed by atoms with E-state index in [4.69, 9.17) is 9.47 Å². The topological polar surface area (TPSA) is 60.8 Å². The van der Waals surface area contributed by atoms with Crippen LogP contribution in [-0.2, 0) is 17.3 Å². The number of carbonyl (C=O) groups excluding carboxylic acids is 1. The fraction of sp³-hybridized carbons (Fsp3) is 0.478. The third kappa shape index (κ3) is 3.63. The lowest BCUT2D eigenvalue weighted by Gasteiger charge is -2.35. The molecule has 1 saturated carbocycles. The Bertz CT molecular complexity index is 969. The minimum atomic E-state index is -0.428. The predicted molar refractivity (Wildman–Crippen MR) is 111 cm³/mol. The zero-order chi connectivity index (χ0) is 20.6. The Morgan fingerprint density at radius 3 is 2.45 bits per heavy atom. The summed E-state index contributed by atoms with van der Waals surface area (Å²) in [4.78, 5) is 27.3.